The van der Waals surface area contributed by atoms with Crippen molar-refractivity contribution in [3.05, 3.63) is 29.2 Å². The van der Waals surface area contributed by atoms with Gasteiger partial charge in [0.05, 0.1) is 6.20 Å². The van der Waals surface area contributed by atoms with Crippen LogP contribution in [0.25, 0.3) is 5.65 Å². The molecule has 0 bridgehead atoms. The Morgan fingerprint density at radius 3 is 2.86 bits per heavy atom. The minimum atomic E-state index is -1.00. The molecule has 0 fully saturated rings. The molecule has 0 amide bonds. The third-order valence-electron chi connectivity index (χ3n) is 2.16. The van der Waals surface area contributed by atoms with Crippen LogP contribution in [0.15, 0.2) is 12.4 Å². The van der Waals surface area contributed by atoms with Crippen LogP contribution in [0, 0.1) is 13.8 Å². The maximum Gasteiger partial charge on any atom is 0.341 e. The summed E-state index contributed by atoms with van der Waals surface area (Å²) in [5.74, 6) is -1.00. The van der Waals surface area contributed by atoms with E-state index in [1.165, 1.54) is 10.7 Å². The fraction of sp³-hybridized carbons (Fsp3) is 0.222. The van der Waals surface area contributed by atoms with E-state index in [2.05, 4.69) is 10.1 Å². The second kappa shape index (κ2) is 2.80. The van der Waals surface area contributed by atoms with E-state index in [9.17, 15) is 4.79 Å². The summed E-state index contributed by atoms with van der Waals surface area (Å²) in [5.41, 5.74) is 2.33. The van der Waals surface area contributed by atoms with Gasteiger partial charge in [-0.15, -0.1) is 0 Å². The highest BCUT2D eigenvalue weighted by atomic mass is 16.4. The number of carbonyl (C=O) groups is 1. The molecule has 0 aliphatic rings. The van der Waals surface area contributed by atoms with Crippen LogP contribution in [0.5, 0.6) is 0 Å². The highest BCUT2D eigenvalue weighted by Gasteiger charge is 2.12. The van der Waals surface area contributed by atoms with Crippen LogP contribution in [0.2, 0.25) is 0 Å². The van der Waals surface area contributed by atoms with Crippen molar-refractivity contribution in [3.8, 4) is 0 Å². The molecule has 5 nitrogen and oxygen atoms in total. The smallest absolute Gasteiger partial charge is 0.341 e. The zero-order valence-electron chi connectivity index (χ0n) is 7.85. The van der Waals surface area contributed by atoms with E-state index in [1.807, 2.05) is 13.8 Å². The second-order valence-electron chi connectivity index (χ2n) is 3.14. The summed E-state index contributed by atoms with van der Waals surface area (Å²) >= 11 is 0. The summed E-state index contributed by atoms with van der Waals surface area (Å²) in [5, 5.41) is 12.8. The molecule has 5 heteroatoms. The highest BCUT2D eigenvalue weighted by molar-refractivity contribution is 5.94. The van der Waals surface area contributed by atoms with Crippen molar-refractivity contribution in [1.29, 1.82) is 0 Å². The first kappa shape index (κ1) is 8.68. The molecule has 14 heavy (non-hydrogen) atoms. The lowest BCUT2D eigenvalue weighted by Crippen LogP contribution is -2.00. The van der Waals surface area contributed by atoms with Crippen molar-refractivity contribution in [1.82, 2.24) is 14.6 Å². The van der Waals surface area contributed by atoms with Crippen molar-refractivity contribution < 1.29 is 9.90 Å². The Balaban J connectivity index is 2.80. The summed E-state index contributed by atoms with van der Waals surface area (Å²) in [6.07, 6.45) is 3.08. The summed E-state index contributed by atoms with van der Waals surface area (Å²) in [7, 11) is 0. The van der Waals surface area contributed by atoms with E-state index in [0.717, 1.165) is 11.3 Å². The molecule has 0 saturated carbocycles. The molecule has 1 N–H and O–H groups in total. The lowest BCUT2D eigenvalue weighted by Gasteiger charge is -1.99. The average Bonchev–Trinajstić information content (AvgIpc) is 2.48. The molecule has 0 saturated heterocycles. The lowest BCUT2D eigenvalue weighted by atomic mass is 10.2. The molecule has 72 valence electrons. The molecule has 2 aromatic rings. The monoisotopic (exact) mass is 191 g/mol. The third kappa shape index (κ3) is 1.14. The van der Waals surface area contributed by atoms with E-state index in [-0.39, 0.29) is 5.56 Å². The van der Waals surface area contributed by atoms with E-state index >= 15 is 0 Å². The normalized spacial score (nSPS) is 10.7. The number of hydrogen-bond acceptors (Lipinski definition) is 3. The van der Waals surface area contributed by atoms with Gasteiger partial charge in [-0.25, -0.2) is 14.3 Å². The van der Waals surface area contributed by atoms with Gasteiger partial charge in [-0.2, -0.15) is 5.10 Å². The third-order valence-corrected chi connectivity index (χ3v) is 2.16. The average molecular weight is 191 g/mol. The van der Waals surface area contributed by atoms with Gasteiger partial charge in [0.2, 0.25) is 0 Å². The van der Waals surface area contributed by atoms with Crippen LogP contribution in [0.1, 0.15) is 21.6 Å². The van der Waals surface area contributed by atoms with Crippen LogP contribution in [0.3, 0.4) is 0 Å². The Morgan fingerprint density at radius 1 is 1.50 bits per heavy atom. The molecular weight excluding hydrogens is 182 g/mol. The number of rotatable bonds is 1. The summed E-state index contributed by atoms with van der Waals surface area (Å²) in [6.45, 7) is 3.75. The summed E-state index contributed by atoms with van der Waals surface area (Å²) in [6, 6.07) is 0. The van der Waals surface area contributed by atoms with Gasteiger partial charge in [0.1, 0.15) is 5.56 Å². The number of hydrogen-bond donors (Lipinski definition) is 1. The molecule has 0 spiro atoms. The topological polar surface area (TPSA) is 67.5 Å². The molecule has 0 unspecified atom stereocenters. The molecule has 0 aliphatic heterocycles. The quantitative estimate of drug-likeness (QED) is 0.731. The number of fused-ring (bicyclic) bond motifs is 1. The molecule has 0 atom stereocenters. The maximum atomic E-state index is 10.8. The van der Waals surface area contributed by atoms with Crippen LogP contribution in [-0.4, -0.2) is 25.7 Å². The second-order valence-corrected chi connectivity index (χ2v) is 3.14. The van der Waals surface area contributed by atoms with Crippen molar-refractivity contribution in [3.63, 3.8) is 0 Å². The summed E-state index contributed by atoms with van der Waals surface area (Å²) < 4.78 is 1.48. The Hall–Kier alpha value is -1.91. The van der Waals surface area contributed by atoms with Crippen LogP contribution in [-0.2, 0) is 0 Å². The summed E-state index contributed by atoms with van der Waals surface area (Å²) in [4.78, 5) is 15.0. The zero-order valence-corrected chi connectivity index (χ0v) is 7.85. The Kier molecular flexibility index (Phi) is 1.73. The fourth-order valence-corrected chi connectivity index (χ4v) is 1.24. The van der Waals surface area contributed by atoms with Gasteiger partial charge in [0.25, 0.3) is 0 Å². The maximum absolute atomic E-state index is 10.8. The lowest BCUT2D eigenvalue weighted by molar-refractivity contribution is 0.0699. The first-order valence-electron chi connectivity index (χ1n) is 4.14. The van der Waals surface area contributed by atoms with Gasteiger partial charge in [-0.3, -0.25) is 0 Å². The number of aryl methyl sites for hydroxylation is 2. The van der Waals surface area contributed by atoms with Crippen molar-refractivity contribution in [2.75, 3.05) is 0 Å². The minimum Gasteiger partial charge on any atom is -0.477 e. The Bertz CT molecular complexity index is 516. The molecule has 2 rings (SSSR count). The number of carboxylic acid groups (broad SMARTS) is 1. The Labute approximate surface area is 80.0 Å². The zero-order chi connectivity index (χ0) is 10.3. The van der Waals surface area contributed by atoms with Crippen molar-refractivity contribution in [2.45, 2.75) is 13.8 Å². The minimum absolute atomic E-state index is 0.133. The molecule has 2 aromatic heterocycles. The molecule has 0 radical (unpaired) electrons. The first-order valence-corrected chi connectivity index (χ1v) is 4.14. The van der Waals surface area contributed by atoms with E-state index in [4.69, 9.17) is 5.11 Å². The fourth-order valence-electron chi connectivity index (χ4n) is 1.24. The van der Waals surface area contributed by atoms with Gasteiger partial charge in [0, 0.05) is 11.9 Å². The van der Waals surface area contributed by atoms with Gasteiger partial charge in [-0.05, 0) is 19.4 Å². The van der Waals surface area contributed by atoms with E-state index in [0.29, 0.717) is 5.65 Å². The molecule has 2 heterocycles. The van der Waals surface area contributed by atoms with Crippen molar-refractivity contribution >= 4 is 11.6 Å². The van der Waals surface area contributed by atoms with Gasteiger partial charge in [-0.1, -0.05) is 0 Å². The first-order chi connectivity index (χ1) is 6.59. The molecule has 0 aromatic carbocycles. The van der Waals surface area contributed by atoms with Crippen LogP contribution in [0.4, 0.5) is 0 Å². The van der Waals surface area contributed by atoms with Crippen LogP contribution < -0.4 is 0 Å². The van der Waals surface area contributed by atoms with Gasteiger partial charge >= 0.3 is 5.97 Å². The number of aromatic carboxylic acids is 1. The molecular formula is C9H9N3O2. The van der Waals surface area contributed by atoms with Crippen LogP contribution >= 0.6 is 0 Å². The van der Waals surface area contributed by atoms with E-state index < -0.39 is 5.97 Å². The number of nitrogens with zero attached hydrogens (tertiary/aromatic N) is 3. The van der Waals surface area contributed by atoms with Crippen molar-refractivity contribution in [2.24, 2.45) is 0 Å². The predicted octanol–water partition coefficient (Wildman–Crippen LogP) is 1.04. The highest BCUT2D eigenvalue weighted by Crippen LogP contribution is 2.11. The standard InChI is InChI=1S/C9H9N3O2/c1-5-4-12-8(11-6(5)2)7(3-10-12)9(13)14/h3-4H,1-2H3,(H,13,14). The largest absolute Gasteiger partial charge is 0.477 e. The number of carboxylic acids is 1. The molecule has 0 aliphatic carbocycles. The van der Waals surface area contributed by atoms with Gasteiger partial charge in [0.15, 0.2) is 5.65 Å². The van der Waals surface area contributed by atoms with E-state index in [1.54, 1.807) is 6.20 Å². The Morgan fingerprint density at radius 2 is 2.21 bits per heavy atom. The SMILES string of the molecule is Cc1cn2ncc(C(=O)O)c2nc1C. The number of aromatic nitrogens is 3. The predicted molar refractivity (Wildman–Crippen MR) is 49.4 cm³/mol. The van der Waals surface area contributed by atoms with Gasteiger partial charge < -0.3 is 5.11 Å².